The zero-order chi connectivity index (χ0) is 49.3. The predicted molar refractivity (Wildman–Crippen MR) is 252 cm³/mol. The molecule has 17 heteroatoms. The quantitative estimate of drug-likeness (QED) is 0.0540. The van der Waals surface area contributed by atoms with E-state index in [1.165, 1.54) is 42.5 Å². The maximum Gasteiger partial charge on any atom is 0.336 e. The van der Waals surface area contributed by atoms with Crippen LogP contribution in [0.1, 0.15) is 80.0 Å². The molecule has 2 bridgehead atoms. The predicted octanol–water partition coefficient (Wildman–Crippen LogP) is 3.55. The van der Waals surface area contributed by atoms with Gasteiger partial charge >= 0.3 is 5.97 Å². The van der Waals surface area contributed by atoms with Crippen LogP contribution in [0.15, 0.2) is 72.8 Å². The molecule has 3 aromatic rings. The van der Waals surface area contributed by atoms with Gasteiger partial charge in [0.2, 0.25) is 0 Å². The number of hydrogen-bond donors (Lipinski definition) is 10. The maximum absolute atomic E-state index is 15.4. The number of aliphatic hydroxyl groups excluding tert-OH is 4. The minimum Gasteiger partial charge on any atom is -0.504 e. The summed E-state index contributed by atoms with van der Waals surface area (Å²) in [6, 6.07) is 15.2. The molecule has 69 heavy (non-hydrogen) atoms. The van der Waals surface area contributed by atoms with Crippen molar-refractivity contribution < 1.29 is 74.2 Å². The van der Waals surface area contributed by atoms with Gasteiger partial charge in [0.05, 0.1) is 32.0 Å². The molecule has 2 saturated heterocycles. The molecule has 17 nitrogen and oxygen atoms in total. The number of hydrogen-bond acceptors (Lipinski definition) is 16. The van der Waals surface area contributed by atoms with Crippen LogP contribution in [0, 0.1) is 17.8 Å². The van der Waals surface area contributed by atoms with Crippen LogP contribution in [0.2, 0.25) is 0 Å². The van der Waals surface area contributed by atoms with Gasteiger partial charge < -0.3 is 70.9 Å². The molecule has 4 aliphatic rings. The lowest BCUT2D eigenvalue weighted by Gasteiger charge is -2.66. The zero-order valence-electron chi connectivity index (χ0n) is 38.7. The van der Waals surface area contributed by atoms with Crippen LogP contribution in [-0.2, 0) is 41.6 Å². The van der Waals surface area contributed by atoms with Crippen molar-refractivity contribution in [1.82, 2.24) is 5.32 Å². The second-order valence-electron chi connectivity index (χ2n) is 18.9. The summed E-state index contributed by atoms with van der Waals surface area (Å²) in [5.41, 5.74) is 0.931. The molecule has 3 aromatic carbocycles. The van der Waals surface area contributed by atoms with E-state index >= 15 is 4.79 Å². The van der Waals surface area contributed by atoms with Gasteiger partial charge in [-0.15, -0.1) is 0 Å². The average Bonchev–Trinajstić information content (AvgIpc) is 3.34. The van der Waals surface area contributed by atoms with E-state index in [2.05, 4.69) is 5.32 Å². The molecule has 7 rings (SSSR count). The number of aromatic hydroxyl groups is 3. The van der Waals surface area contributed by atoms with E-state index in [4.69, 9.17) is 24.7 Å². The normalized spacial score (nSPS) is 28.8. The van der Waals surface area contributed by atoms with Gasteiger partial charge in [0.15, 0.2) is 40.2 Å². The fourth-order valence-corrected chi connectivity index (χ4v) is 11.2. The van der Waals surface area contributed by atoms with Crippen LogP contribution in [0.25, 0.3) is 12.2 Å². The number of carboxylic acid groups (broad SMARTS) is 1. The molecule has 2 aliphatic heterocycles. The first-order valence-corrected chi connectivity index (χ1v) is 23.9. The van der Waals surface area contributed by atoms with E-state index < -0.39 is 115 Å². The Morgan fingerprint density at radius 1 is 0.913 bits per heavy atom. The van der Waals surface area contributed by atoms with Crippen molar-refractivity contribution >= 4 is 29.7 Å². The Morgan fingerprint density at radius 2 is 1.67 bits per heavy atom. The number of nitrogens with two attached hydrogens (primary N) is 1. The summed E-state index contributed by atoms with van der Waals surface area (Å²) in [5.74, 6) is -6.72. The number of rotatable bonds is 21. The van der Waals surface area contributed by atoms with E-state index in [0.29, 0.717) is 31.2 Å². The summed E-state index contributed by atoms with van der Waals surface area (Å²) in [6.45, 7) is -2.28. The van der Waals surface area contributed by atoms with Crippen LogP contribution in [-0.4, -0.2) is 139 Å². The van der Waals surface area contributed by atoms with Crippen molar-refractivity contribution in [3.8, 4) is 23.0 Å². The Bertz CT molecular complexity index is 2320. The minimum absolute atomic E-state index is 0.0226. The zero-order valence-corrected chi connectivity index (χ0v) is 38.7. The van der Waals surface area contributed by atoms with Crippen molar-refractivity contribution in [1.29, 1.82) is 0 Å². The number of benzene rings is 3. The van der Waals surface area contributed by atoms with Crippen LogP contribution < -0.4 is 15.8 Å². The van der Waals surface area contributed by atoms with E-state index in [1.807, 2.05) is 30.3 Å². The Labute approximate surface area is 401 Å². The Kier molecular flexibility index (Phi) is 17.0. The first kappa shape index (κ1) is 51.6. The third-order valence-electron chi connectivity index (χ3n) is 14.6. The van der Waals surface area contributed by atoms with Gasteiger partial charge in [-0.05, 0) is 103 Å². The second-order valence-corrected chi connectivity index (χ2v) is 18.9. The molecule has 0 radical (unpaired) electrons. The summed E-state index contributed by atoms with van der Waals surface area (Å²) in [7, 11) is 0. The van der Waals surface area contributed by atoms with Gasteiger partial charge in [0.1, 0.15) is 30.5 Å². The molecule has 4 fully saturated rings. The lowest BCUT2D eigenvalue weighted by atomic mass is 9.53. The number of phenolic OH excluding ortho intramolecular Hbond substituents is 3. The molecule has 2 saturated carbocycles. The van der Waals surface area contributed by atoms with Gasteiger partial charge in [-0.2, -0.15) is 0 Å². The number of carbonyl (C=O) groups is 3. The number of nitrogens with one attached hydrogen (secondary N) is 1. The third-order valence-corrected chi connectivity index (χ3v) is 14.6. The van der Waals surface area contributed by atoms with Crippen LogP contribution >= 0.6 is 0 Å². The van der Waals surface area contributed by atoms with Crippen LogP contribution in [0.4, 0.5) is 0 Å². The molecular formula is C52H66N2O15. The summed E-state index contributed by atoms with van der Waals surface area (Å²) >= 11 is 0. The standard InChI is InChI=1S/C52H66N2O15/c53-19-20-66-44-17-14-33(21-42(44)61)13-16-39(58)31-68-51(49(64)65)26-43(62)48-52(46(29-57)54-38-9-5-2-6-10-38)45(51)24-37(28-56)50(69-52,25-34(30-67-48)12-11-32-7-3-1-4-8-32)47(63)18-15-35-22-40(59)41(60)23-36(35)27-55/h1,3-4,7-8,13-18,21-23,34,37-38,43,45-46,48,54-57,59-62H,2,5-6,9-12,19-20,24-31,53H2,(H,64,65). The average molecular weight is 959 g/mol. The third kappa shape index (κ3) is 10.9. The number of aryl methyl sites for hydroxylation is 1. The highest BCUT2D eigenvalue weighted by Crippen LogP contribution is 2.60. The van der Waals surface area contributed by atoms with Gasteiger partial charge in [0, 0.05) is 37.5 Å². The lowest BCUT2D eigenvalue weighted by molar-refractivity contribution is -0.356. The summed E-state index contributed by atoms with van der Waals surface area (Å²) < 4.78 is 25.9. The summed E-state index contributed by atoms with van der Waals surface area (Å²) in [4.78, 5) is 43.1. The number of carbonyl (C=O) groups excluding carboxylic acids is 2. The number of ether oxygens (including phenoxy) is 4. The summed E-state index contributed by atoms with van der Waals surface area (Å²) in [6.07, 6.45) is 6.49. The first-order valence-electron chi connectivity index (χ1n) is 23.9. The molecule has 9 atom stereocenters. The number of carboxylic acids is 1. The number of aliphatic hydroxyl groups is 4. The maximum atomic E-state index is 15.4. The van der Waals surface area contributed by atoms with Crippen LogP contribution in [0.5, 0.6) is 23.0 Å². The van der Waals surface area contributed by atoms with E-state index in [9.17, 15) is 50.4 Å². The first-order chi connectivity index (χ1) is 33.2. The Morgan fingerprint density at radius 3 is 2.35 bits per heavy atom. The second kappa shape index (κ2) is 22.7. The molecule has 9 unspecified atom stereocenters. The van der Waals surface area contributed by atoms with E-state index in [0.717, 1.165) is 30.9 Å². The van der Waals surface area contributed by atoms with Crippen LogP contribution in [0.3, 0.4) is 0 Å². The molecular weight excluding hydrogens is 893 g/mol. The minimum atomic E-state index is -2.41. The highest BCUT2D eigenvalue weighted by atomic mass is 16.6. The van der Waals surface area contributed by atoms with Gasteiger partial charge in [-0.25, -0.2) is 4.79 Å². The molecule has 11 N–H and O–H groups in total. The molecule has 0 amide bonds. The van der Waals surface area contributed by atoms with Gasteiger partial charge in [-0.1, -0.05) is 67.8 Å². The van der Waals surface area contributed by atoms with E-state index in [1.54, 1.807) is 6.07 Å². The fraction of sp³-hybridized carbons (Fsp3) is 0.519. The Hall–Kier alpha value is -5.21. The highest BCUT2D eigenvalue weighted by Gasteiger charge is 2.75. The number of ketones is 2. The smallest absolute Gasteiger partial charge is 0.336 e. The lowest BCUT2D eigenvalue weighted by Crippen LogP contribution is -2.83. The van der Waals surface area contributed by atoms with E-state index in [-0.39, 0.29) is 61.3 Å². The molecule has 0 spiro atoms. The van der Waals surface area contributed by atoms with Crippen molar-refractivity contribution in [3.63, 3.8) is 0 Å². The monoisotopic (exact) mass is 958 g/mol. The topological polar surface area (TPSA) is 288 Å². The largest absolute Gasteiger partial charge is 0.504 e. The number of fused-ring (bicyclic) bond motifs is 1. The summed E-state index contributed by atoms with van der Waals surface area (Å²) in [5, 5.41) is 91.7. The van der Waals surface area contributed by atoms with Crippen molar-refractivity contribution in [3.05, 3.63) is 95.1 Å². The molecule has 2 heterocycles. The van der Waals surface area contributed by atoms with Gasteiger partial charge in [0.25, 0.3) is 0 Å². The van der Waals surface area contributed by atoms with Crippen molar-refractivity contribution in [2.24, 2.45) is 23.5 Å². The Balaban J connectivity index is 1.33. The highest BCUT2D eigenvalue weighted by molar-refractivity contribution is 6.01. The van der Waals surface area contributed by atoms with Gasteiger partial charge in [-0.3, -0.25) is 9.59 Å². The number of phenols is 3. The number of aliphatic carboxylic acids is 1. The molecule has 0 aromatic heterocycles. The van der Waals surface area contributed by atoms with Crippen molar-refractivity contribution in [2.45, 2.75) is 112 Å². The SMILES string of the molecule is NCCOc1ccc(C=CC(=O)COC2(C(=O)O)CC(O)C3OCC(CCc4ccccc4)CC4(C(=O)C=Cc5cc(O)c(O)cc5CO)OC3(C(CO)NC3CCCCC3)C2CC4CO)cc1O. The molecule has 2 aliphatic carbocycles. The molecule has 374 valence electrons. The van der Waals surface area contributed by atoms with Crippen molar-refractivity contribution in [2.75, 3.05) is 39.6 Å². The fourth-order valence-electron chi connectivity index (χ4n) is 11.2.